The highest BCUT2D eigenvalue weighted by molar-refractivity contribution is 9.10. The molecular weight excluding hydrogens is 336 g/mol. The monoisotopic (exact) mass is 348 g/mol. The Morgan fingerprint density at radius 3 is 2.24 bits per heavy atom. The Hall–Kier alpha value is -2.14. The number of benzene rings is 2. The largest absolute Gasteiger partial charge is 0.446 e. The van der Waals surface area contributed by atoms with Crippen molar-refractivity contribution in [2.24, 2.45) is 0 Å². The Morgan fingerprint density at radius 2 is 1.62 bits per heavy atom. The van der Waals surface area contributed by atoms with Crippen molar-refractivity contribution in [3.8, 4) is 5.75 Å². The van der Waals surface area contributed by atoms with Gasteiger partial charge >= 0.3 is 11.9 Å². The Balaban J connectivity index is 2.23. The highest BCUT2D eigenvalue weighted by atomic mass is 79.9. The van der Waals surface area contributed by atoms with E-state index >= 15 is 0 Å². The minimum Gasteiger partial charge on any atom is -0.446 e. The first-order chi connectivity index (χ1) is 10.1. The number of ether oxygens (including phenoxy) is 2. The van der Waals surface area contributed by atoms with Crippen molar-refractivity contribution in [1.82, 2.24) is 0 Å². The average Bonchev–Trinajstić information content (AvgIpc) is 2.48. The molecule has 0 saturated heterocycles. The summed E-state index contributed by atoms with van der Waals surface area (Å²) in [6, 6.07) is 15.7. The molecule has 0 heterocycles. The van der Waals surface area contributed by atoms with Crippen LogP contribution in [0.4, 0.5) is 0 Å². The van der Waals surface area contributed by atoms with Crippen LogP contribution >= 0.6 is 15.9 Å². The quantitative estimate of drug-likeness (QED) is 0.624. The van der Waals surface area contributed by atoms with Gasteiger partial charge in [-0.15, -0.1) is 0 Å². The molecule has 21 heavy (non-hydrogen) atoms. The maximum Gasteiger partial charge on any atom is 0.357 e. The van der Waals surface area contributed by atoms with Gasteiger partial charge in [-0.05, 0) is 28.1 Å². The maximum absolute atomic E-state index is 12.3. The lowest BCUT2D eigenvalue weighted by Gasteiger charge is -2.16. The smallest absolute Gasteiger partial charge is 0.357 e. The molecule has 2 aromatic rings. The van der Waals surface area contributed by atoms with Gasteiger partial charge in [0, 0.05) is 12.5 Å². The Morgan fingerprint density at radius 1 is 1.00 bits per heavy atom. The summed E-state index contributed by atoms with van der Waals surface area (Å²) in [6.45, 7) is 1.25. The van der Waals surface area contributed by atoms with Gasteiger partial charge in [-0.2, -0.15) is 0 Å². The van der Waals surface area contributed by atoms with E-state index in [0.717, 1.165) is 0 Å². The molecule has 1 atom stereocenters. The zero-order valence-electron chi connectivity index (χ0n) is 11.3. The van der Waals surface area contributed by atoms with Gasteiger partial charge < -0.3 is 9.47 Å². The summed E-state index contributed by atoms with van der Waals surface area (Å²) >= 11 is 3.30. The lowest BCUT2D eigenvalue weighted by atomic mass is 10.1. The lowest BCUT2D eigenvalue weighted by Crippen LogP contribution is -2.23. The summed E-state index contributed by atoms with van der Waals surface area (Å²) < 4.78 is 11.0. The third-order valence-corrected chi connectivity index (χ3v) is 3.30. The number of rotatable bonds is 4. The van der Waals surface area contributed by atoms with Crippen LogP contribution in [0.1, 0.15) is 18.6 Å². The first-order valence-corrected chi connectivity index (χ1v) is 7.05. The summed E-state index contributed by atoms with van der Waals surface area (Å²) in [5.74, 6) is -0.827. The summed E-state index contributed by atoms with van der Waals surface area (Å²) in [5, 5.41) is 0. The Bertz CT molecular complexity index is 640. The number of hydrogen-bond donors (Lipinski definition) is 0. The molecule has 0 aromatic heterocycles. The van der Waals surface area contributed by atoms with E-state index in [9.17, 15) is 9.59 Å². The van der Waals surface area contributed by atoms with Crippen molar-refractivity contribution in [3.05, 3.63) is 64.6 Å². The fourth-order valence-electron chi connectivity index (χ4n) is 1.74. The standard InChI is InChI=1S/C16H13BrO4/c1-11(18)20-15(12-7-3-2-4-8-12)16(19)21-14-10-6-5-9-13(14)17/h2-10,15H,1H3/t15-/m1/s1. The molecule has 0 unspecified atom stereocenters. The van der Waals surface area contributed by atoms with Gasteiger partial charge in [0.25, 0.3) is 0 Å². The first-order valence-electron chi connectivity index (χ1n) is 6.26. The highest BCUT2D eigenvalue weighted by Gasteiger charge is 2.26. The van der Waals surface area contributed by atoms with E-state index < -0.39 is 18.0 Å². The molecule has 0 N–H and O–H groups in total. The van der Waals surface area contributed by atoms with Crippen LogP contribution in [0.2, 0.25) is 0 Å². The van der Waals surface area contributed by atoms with Crippen LogP contribution in [0.5, 0.6) is 5.75 Å². The SMILES string of the molecule is CC(=O)O[C@@H](C(=O)Oc1ccccc1Br)c1ccccc1. The summed E-state index contributed by atoms with van der Waals surface area (Å²) in [7, 11) is 0. The van der Waals surface area contributed by atoms with Crippen LogP contribution in [0.15, 0.2) is 59.1 Å². The predicted molar refractivity (Wildman–Crippen MR) is 80.7 cm³/mol. The molecule has 0 bridgehead atoms. The molecule has 108 valence electrons. The van der Waals surface area contributed by atoms with Gasteiger partial charge in [-0.1, -0.05) is 42.5 Å². The highest BCUT2D eigenvalue weighted by Crippen LogP contribution is 2.27. The zero-order chi connectivity index (χ0) is 15.2. The minimum absolute atomic E-state index is 0.371. The molecule has 0 saturated carbocycles. The van der Waals surface area contributed by atoms with Crippen molar-refractivity contribution >= 4 is 27.9 Å². The lowest BCUT2D eigenvalue weighted by molar-refractivity contribution is -0.161. The number of para-hydroxylation sites is 1. The van der Waals surface area contributed by atoms with E-state index in [-0.39, 0.29) is 0 Å². The van der Waals surface area contributed by atoms with Crippen LogP contribution in [0.25, 0.3) is 0 Å². The molecule has 0 aliphatic rings. The molecule has 0 aliphatic carbocycles. The summed E-state index contributed by atoms with van der Waals surface area (Å²) in [4.78, 5) is 23.5. The van der Waals surface area contributed by atoms with Crippen LogP contribution in [0.3, 0.4) is 0 Å². The number of carbonyl (C=O) groups is 2. The number of halogens is 1. The molecular formula is C16H13BrO4. The Labute approximate surface area is 130 Å². The zero-order valence-corrected chi connectivity index (χ0v) is 12.9. The second-order valence-electron chi connectivity index (χ2n) is 4.25. The fourth-order valence-corrected chi connectivity index (χ4v) is 2.10. The molecule has 2 aromatic carbocycles. The third kappa shape index (κ3) is 4.16. The van der Waals surface area contributed by atoms with Crippen molar-refractivity contribution in [2.75, 3.05) is 0 Å². The molecule has 0 spiro atoms. The van der Waals surface area contributed by atoms with E-state index in [1.54, 1.807) is 42.5 Å². The second-order valence-corrected chi connectivity index (χ2v) is 5.11. The van der Waals surface area contributed by atoms with E-state index in [1.165, 1.54) is 6.92 Å². The van der Waals surface area contributed by atoms with Crippen molar-refractivity contribution in [3.63, 3.8) is 0 Å². The van der Waals surface area contributed by atoms with Gasteiger partial charge in [0.2, 0.25) is 6.10 Å². The fraction of sp³-hybridized carbons (Fsp3) is 0.125. The van der Waals surface area contributed by atoms with Gasteiger partial charge in [-0.3, -0.25) is 4.79 Å². The maximum atomic E-state index is 12.3. The normalized spacial score (nSPS) is 11.5. The Kier molecular flexibility index (Phi) is 5.11. The van der Waals surface area contributed by atoms with E-state index in [0.29, 0.717) is 15.8 Å². The molecule has 2 rings (SSSR count). The van der Waals surface area contributed by atoms with Gasteiger partial charge in [0.15, 0.2) is 0 Å². The van der Waals surface area contributed by atoms with Gasteiger partial charge in [-0.25, -0.2) is 4.79 Å². The summed E-state index contributed by atoms with van der Waals surface area (Å²) in [6.07, 6.45) is -1.09. The molecule has 0 radical (unpaired) electrons. The van der Waals surface area contributed by atoms with Crippen LogP contribution in [-0.2, 0) is 14.3 Å². The van der Waals surface area contributed by atoms with Crippen LogP contribution in [0, 0.1) is 0 Å². The molecule has 0 aliphatic heterocycles. The molecule has 4 nitrogen and oxygen atoms in total. The number of esters is 2. The van der Waals surface area contributed by atoms with Gasteiger partial charge in [0.05, 0.1) is 4.47 Å². The third-order valence-electron chi connectivity index (χ3n) is 2.65. The second kappa shape index (κ2) is 7.04. The minimum atomic E-state index is -1.09. The van der Waals surface area contributed by atoms with Crippen LogP contribution in [-0.4, -0.2) is 11.9 Å². The van der Waals surface area contributed by atoms with E-state index in [1.807, 2.05) is 12.1 Å². The number of carbonyl (C=O) groups excluding carboxylic acids is 2. The molecule has 0 fully saturated rings. The van der Waals surface area contributed by atoms with Crippen LogP contribution < -0.4 is 4.74 Å². The van der Waals surface area contributed by atoms with Crippen molar-refractivity contribution < 1.29 is 19.1 Å². The topological polar surface area (TPSA) is 52.6 Å². The molecule has 0 amide bonds. The predicted octanol–water partition coefficient (Wildman–Crippen LogP) is 3.66. The summed E-state index contributed by atoms with van der Waals surface area (Å²) in [5.41, 5.74) is 0.560. The van der Waals surface area contributed by atoms with Gasteiger partial charge in [0.1, 0.15) is 5.75 Å². The van der Waals surface area contributed by atoms with Crippen molar-refractivity contribution in [1.29, 1.82) is 0 Å². The van der Waals surface area contributed by atoms with Crippen molar-refractivity contribution in [2.45, 2.75) is 13.0 Å². The molecule has 5 heteroatoms. The van der Waals surface area contributed by atoms with E-state index in [2.05, 4.69) is 15.9 Å². The number of hydrogen-bond acceptors (Lipinski definition) is 4. The van der Waals surface area contributed by atoms with E-state index in [4.69, 9.17) is 9.47 Å². The first kappa shape index (κ1) is 15.3. The average molecular weight is 349 g/mol.